The highest BCUT2D eigenvalue weighted by Crippen LogP contribution is 2.40. The van der Waals surface area contributed by atoms with E-state index < -0.39 is 0 Å². The fourth-order valence-electron chi connectivity index (χ4n) is 2.17. The molecule has 3 rings (SSSR count). The topological polar surface area (TPSA) is 35.2 Å². The molecule has 2 unspecified atom stereocenters. The van der Waals surface area contributed by atoms with E-state index >= 15 is 0 Å². The van der Waals surface area contributed by atoms with E-state index in [0.29, 0.717) is 6.61 Å². The van der Waals surface area contributed by atoms with Crippen LogP contribution in [0.25, 0.3) is 0 Å². The van der Waals surface area contributed by atoms with E-state index in [1.165, 1.54) is 4.90 Å². The van der Waals surface area contributed by atoms with Gasteiger partial charge in [0.1, 0.15) is 12.4 Å². The van der Waals surface area contributed by atoms with Crippen molar-refractivity contribution in [3.8, 4) is 5.75 Å². The number of hydrogen-bond donors (Lipinski definition) is 1. The van der Waals surface area contributed by atoms with Gasteiger partial charge in [0.15, 0.2) is 0 Å². The Balaban J connectivity index is 1.83. The Morgan fingerprint density at radius 1 is 1.11 bits per heavy atom. The van der Waals surface area contributed by atoms with Crippen molar-refractivity contribution in [3.05, 3.63) is 58.6 Å². The van der Waals surface area contributed by atoms with Crippen molar-refractivity contribution in [2.75, 3.05) is 6.61 Å². The number of rotatable bonds is 2. The molecule has 0 spiro atoms. The summed E-state index contributed by atoms with van der Waals surface area (Å²) in [7, 11) is 0. The van der Waals surface area contributed by atoms with Crippen LogP contribution in [0.2, 0.25) is 0 Å². The van der Waals surface area contributed by atoms with Gasteiger partial charge >= 0.3 is 0 Å². The van der Waals surface area contributed by atoms with Gasteiger partial charge in [-0.15, -0.1) is 11.8 Å². The largest absolute Gasteiger partial charge is 0.492 e. The summed E-state index contributed by atoms with van der Waals surface area (Å²) >= 11 is 5.34. The molecule has 4 heteroatoms. The molecule has 0 saturated carbocycles. The molecule has 2 N–H and O–H groups in total. The lowest BCUT2D eigenvalue weighted by atomic mass is 10.0. The van der Waals surface area contributed by atoms with Gasteiger partial charge in [-0.1, -0.05) is 30.3 Å². The van der Waals surface area contributed by atoms with Gasteiger partial charge in [-0.05, 0) is 34.1 Å². The van der Waals surface area contributed by atoms with Crippen molar-refractivity contribution >= 4 is 27.7 Å². The maximum atomic E-state index is 6.37. The first kappa shape index (κ1) is 13.0. The average Bonchev–Trinajstić information content (AvgIpc) is 2.44. The van der Waals surface area contributed by atoms with Crippen LogP contribution in [0, 0.1) is 0 Å². The van der Waals surface area contributed by atoms with Crippen molar-refractivity contribution in [1.82, 2.24) is 0 Å². The van der Waals surface area contributed by atoms with Crippen molar-refractivity contribution < 1.29 is 4.74 Å². The molecule has 0 radical (unpaired) electrons. The van der Waals surface area contributed by atoms with Crippen molar-refractivity contribution in [2.24, 2.45) is 5.73 Å². The second kappa shape index (κ2) is 5.57. The predicted molar refractivity (Wildman–Crippen MR) is 82.7 cm³/mol. The Kier molecular flexibility index (Phi) is 3.82. The van der Waals surface area contributed by atoms with Crippen LogP contribution < -0.4 is 10.5 Å². The molecule has 19 heavy (non-hydrogen) atoms. The smallest absolute Gasteiger partial charge is 0.124 e. The van der Waals surface area contributed by atoms with Crippen LogP contribution in [0.1, 0.15) is 11.6 Å². The molecule has 2 aromatic rings. The third-order valence-corrected chi connectivity index (χ3v) is 5.49. The molecule has 2 aromatic carbocycles. The van der Waals surface area contributed by atoms with E-state index in [0.717, 1.165) is 15.8 Å². The summed E-state index contributed by atoms with van der Waals surface area (Å²) in [4.78, 5) is 1.20. The number of benzene rings is 2. The van der Waals surface area contributed by atoms with Crippen molar-refractivity contribution in [1.29, 1.82) is 0 Å². The first-order valence-electron chi connectivity index (χ1n) is 6.14. The number of nitrogens with two attached hydrogens (primary N) is 1. The highest BCUT2D eigenvalue weighted by molar-refractivity contribution is 9.10. The van der Waals surface area contributed by atoms with Crippen LogP contribution in [0.5, 0.6) is 5.75 Å². The van der Waals surface area contributed by atoms with E-state index in [2.05, 4.69) is 22.0 Å². The number of halogens is 1. The quantitative estimate of drug-likeness (QED) is 0.900. The maximum Gasteiger partial charge on any atom is 0.124 e. The Labute approximate surface area is 125 Å². The van der Waals surface area contributed by atoms with Gasteiger partial charge in [0, 0.05) is 21.0 Å². The van der Waals surface area contributed by atoms with Gasteiger partial charge in [0.05, 0.1) is 5.25 Å². The lowest BCUT2D eigenvalue weighted by Gasteiger charge is -2.30. The standard InChI is InChI=1S/C15H14BrNOS/c16-11-6-2-4-8-13(11)19-14-9-18-12-7-3-1-5-10(12)15(14)17/h1-8,14-15H,9,17H2. The zero-order valence-corrected chi connectivity index (χ0v) is 12.7. The van der Waals surface area contributed by atoms with E-state index in [1.807, 2.05) is 42.5 Å². The maximum absolute atomic E-state index is 6.37. The van der Waals surface area contributed by atoms with Crippen molar-refractivity contribution in [2.45, 2.75) is 16.2 Å². The van der Waals surface area contributed by atoms with Gasteiger partial charge in [0.2, 0.25) is 0 Å². The van der Waals surface area contributed by atoms with E-state index in [-0.39, 0.29) is 11.3 Å². The molecule has 0 aromatic heterocycles. The molecule has 0 amide bonds. The Morgan fingerprint density at radius 2 is 1.84 bits per heavy atom. The van der Waals surface area contributed by atoms with Gasteiger partial charge < -0.3 is 10.5 Å². The minimum Gasteiger partial charge on any atom is -0.492 e. The molecule has 0 fully saturated rings. The summed E-state index contributed by atoms with van der Waals surface area (Å²) in [5.41, 5.74) is 7.47. The van der Waals surface area contributed by atoms with Gasteiger partial charge in [0.25, 0.3) is 0 Å². The van der Waals surface area contributed by atoms with Crippen LogP contribution in [-0.2, 0) is 0 Å². The molecule has 1 aliphatic rings. The normalized spacial score (nSPS) is 21.6. The van der Waals surface area contributed by atoms with Crippen LogP contribution >= 0.6 is 27.7 Å². The van der Waals surface area contributed by atoms with Crippen LogP contribution in [0.4, 0.5) is 0 Å². The predicted octanol–water partition coefficient (Wildman–Crippen LogP) is 4.00. The van der Waals surface area contributed by atoms with Crippen LogP contribution in [-0.4, -0.2) is 11.9 Å². The number of hydrogen-bond acceptors (Lipinski definition) is 3. The lowest BCUT2D eigenvalue weighted by Crippen LogP contribution is -2.33. The minimum atomic E-state index is 0.00190. The fourth-order valence-corrected chi connectivity index (χ4v) is 3.83. The van der Waals surface area contributed by atoms with Crippen LogP contribution in [0.3, 0.4) is 0 Å². The summed E-state index contributed by atoms with van der Waals surface area (Å²) in [6.07, 6.45) is 0. The molecule has 0 saturated heterocycles. The number of thioether (sulfide) groups is 1. The lowest BCUT2D eigenvalue weighted by molar-refractivity contribution is 0.276. The summed E-state index contributed by atoms with van der Waals surface area (Å²) in [6, 6.07) is 16.2. The monoisotopic (exact) mass is 335 g/mol. The van der Waals surface area contributed by atoms with Crippen LogP contribution in [0.15, 0.2) is 57.9 Å². The second-order valence-electron chi connectivity index (χ2n) is 4.46. The molecular formula is C15H14BrNOS. The molecule has 1 heterocycles. The summed E-state index contributed by atoms with van der Waals surface area (Å²) < 4.78 is 6.91. The summed E-state index contributed by atoms with van der Waals surface area (Å²) in [5, 5.41) is 0.230. The third-order valence-electron chi connectivity index (χ3n) is 3.20. The molecular weight excluding hydrogens is 322 g/mol. The minimum absolute atomic E-state index is 0.00190. The van der Waals surface area contributed by atoms with Crippen molar-refractivity contribution in [3.63, 3.8) is 0 Å². The first-order valence-corrected chi connectivity index (χ1v) is 7.81. The second-order valence-corrected chi connectivity index (χ2v) is 6.60. The Hall–Kier alpha value is -0.970. The average molecular weight is 336 g/mol. The molecule has 1 aliphatic heterocycles. The molecule has 2 nitrogen and oxygen atoms in total. The zero-order chi connectivity index (χ0) is 13.2. The van der Waals surface area contributed by atoms with Gasteiger partial charge in [-0.2, -0.15) is 0 Å². The molecule has 0 aliphatic carbocycles. The highest BCUT2D eigenvalue weighted by Gasteiger charge is 2.28. The Morgan fingerprint density at radius 3 is 2.68 bits per heavy atom. The van der Waals surface area contributed by atoms with Gasteiger partial charge in [-0.25, -0.2) is 0 Å². The summed E-state index contributed by atoms with van der Waals surface area (Å²) in [5.74, 6) is 0.916. The summed E-state index contributed by atoms with van der Waals surface area (Å²) in [6.45, 7) is 0.643. The number of ether oxygens (including phenoxy) is 1. The molecule has 2 atom stereocenters. The number of fused-ring (bicyclic) bond motifs is 1. The zero-order valence-electron chi connectivity index (χ0n) is 10.3. The number of para-hydroxylation sites is 1. The SMILES string of the molecule is NC1c2ccccc2OCC1Sc1ccccc1Br. The fraction of sp³-hybridized carbons (Fsp3) is 0.200. The van der Waals surface area contributed by atoms with E-state index in [1.54, 1.807) is 11.8 Å². The molecule has 98 valence electrons. The highest BCUT2D eigenvalue weighted by atomic mass is 79.9. The Bertz CT molecular complexity index is 590. The van der Waals surface area contributed by atoms with E-state index in [4.69, 9.17) is 10.5 Å². The first-order chi connectivity index (χ1) is 9.25. The van der Waals surface area contributed by atoms with Gasteiger partial charge in [-0.3, -0.25) is 0 Å². The van der Waals surface area contributed by atoms with E-state index in [9.17, 15) is 0 Å². The third kappa shape index (κ3) is 2.66. The molecule has 0 bridgehead atoms.